The molecule has 2 atom stereocenters. The summed E-state index contributed by atoms with van der Waals surface area (Å²) in [6.45, 7) is 5.59. The van der Waals surface area contributed by atoms with E-state index < -0.39 is 17.9 Å². The number of amides is 1. The van der Waals surface area contributed by atoms with E-state index in [1.54, 1.807) is 6.92 Å². The quantitative estimate of drug-likeness (QED) is 0.628. The summed E-state index contributed by atoms with van der Waals surface area (Å²) in [5.41, 5.74) is 5.09. The van der Waals surface area contributed by atoms with Gasteiger partial charge in [0.05, 0.1) is 12.0 Å². The third-order valence-corrected chi connectivity index (χ3v) is 1.67. The largest absolute Gasteiger partial charge is 0.393 e. The first-order valence-electron chi connectivity index (χ1n) is 3.92. The van der Waals surface area contributed by atoms with Crippen LogP contribution in [0.25, 0.3) is 0 Å². The Balaban J connectivity index is 4.01. The molecule has 0 aromatic rings. The van der Waals surface area contributed by atoms with Crippen LogP contribution in [0.4, 0.5) is 0 Å². The third-order valence-electron chi connectivity index (χ3n) is 1.67. The van der Waals surface area contributed by atoms with E-state index in [0.29, 0.717) is 12.3 Å². The molecular formula is C8H17NO2. The minimum absolute atomic E-state index is 0.391. The van der Waals surface area contributed by atoms with Crippen molar-refractivity contribution in [3.8, 4) is 0 Å². The summed E-state index contributed by atoms with van der Waals surface area (Å²) in [6, 6.07) is 0. The molecule has 0 rings (SSSR count). The monoisotopic (exact) mass is 159 g/mol. The molecule has 0 aromatic heterocycles. The highest BCUT2D eigenvalue weighted by molar-refractivity contribution is 5.77. The van der Waals surface area contributed by atoms with Gasteiger partial charge in [-0.15, -0.1) is 0 Å². The standard InChI is InChI=1S/C8H17NO2/c1-5(2)4-7(6(3)10)8(9)11/h5-7,10H,4H2,1-3H3,(H2,9,11). The number of rotatable bonds is 4. The second kappa shape index (κ2) is 4.34. The van der Waals surface area contributed by atoms with E-state index in [0.717, 1.165) is 0 Å². The lowest BCUT2D eigenvalue weighted by Crippen LogP contribution is -2.32. The van der Waals surface area contributed by atoms with Gasteiger partial charge in [0.15, 0.2) is 0 Å². The number of aliphatic hydroxyl groups is 1. The van der Waals surface area contributed by atoms with Gasteiger partial charge in [0.1, 0.15) is 0 Å². The summed E-state index contributed by atoms with van der Waals surface area (Å²) in [4.78, 5) is 10.7. The zero-order valence-electron chi connectivity index (χ0n) is 7.37. The lowest BCUT2D eigenvalue weighted by atomic mass is 9.92. The minimum atomic E-state index is -0.630. The van der Waals surface area contributed by atoms with Gasteiger partial charge in [-0.1, -0.05) is 13.8 Å². The van der Waals surface area contributed by atoms with Gasteiger partial charge in [-0.3, -0.25) is 4.79 Å². The zero-order chi connectivity index (χ0) is 9.02. The van der Waals surface area contributed by atoms with Gasteiger partial charge in [0.25, 0.3) is 0 Å². The van der Waals surface area contributed by atoms with Gasteiger partial charge in [-0.05, 0) is 19.3 Å². The van der Waals surface area contributed by atoms with Gasteiger partial charge >= 0.3 is 0 Å². The van der Waals surface area contributed by atoms with Crippen LogP contribution in [0.15, 0.2) is 0 Å². The van der Waals surface area contributed by atoms with Crippen molar-refractivity contribution in [1.29, 1.82) is 0 Å². The molecule has 0 bridgehead atoms. The van der Waals surface area contributed by atoms with E-state index in [4.69, 9.17) is 10.8 Å². The van der Waals surface area contributed by atoms with Crippen LogP contribution in [0.2, 0.25) is 0 Å². The lowest BCUT2D eigenvalue weighted by molar-refractivity contribution is -0.125. The highest BCUT2D eigenvalue weighted by Gasteiger charge is 2.21. The van der Waals surface area contributed by atoms with Crippen molar-refractivity contribution >= 4 is 5.91 Å². The van der Waals surface area contributed by atoms with Gasteiger partial charge in [0, 0.05) is 0 Å². The number of hydrogen-bond donors (Lipinski definition) is 2. The molecule has 3 nitrogen and oxygen atoms in total. The molecule has 0 aliphatic rings. The number of aliphatic hydroxyl groups excluding tert-OH is 1. The summed E-state index contributed by atoms with van der Waals surface area (Å²) in [6.07, 6.45) is 0.0300. The Labute approximate surface area is 67.6 Å². The van der Waals surface area contributed by atoms with Gasteiger partial charge in [0.2, 0.25) is 5.91 Å². The molecule has 0 saturated carbocycles. The second-order valence-electron chi connectivity index (χ2n) is 3.38. The van der Waals surface area contributed by atoms with Crippen LogP contribution < -0.4 is 5.73 Å². The van der Waals surface area contributed by atoms with Crippen LogP contribution in [0.3, 0.4) is 0 Å². The zero-order valence-corrected chi connectivity index (χ0v) is 7.37. The van der Waals surface area contributed by atoms with Crippen LogP contribution >= 0.6 is 0 Å². The number of carbonyl (C=O) groups excluding carboxylic acids is 1. The highest BCUT2D eigenvalue weighted by Crippen LogP contribution is 2.14. The van der Waals surface area contributed by atoms with Crippen molar-refractivity contribution in [3.63, 3.8) is 0 Å². The number of hydrogen-bond acceptors (Lipinski definition) is 2. The highest BCUT2D eigenvalue weighted by atomic mass is 16.3. The van der Waals surface area contributed by atoms with Crippen LogP contribution in [-0.4, -0.2) is 17.1 Å². The van der Waals surface area contributed by atoms with Crippen molar-refractivity contribution in [2.24, 2.45) is 17.6 Å². The van der Waals surface area contributed by atoms with E-state index >= 15 is 0 Å². The van der Waals surface area contributed by atoms with E-state index in [9.17, 15) is 4.79 Å². The van der Waals surface area contributed by atoms with Crippen molar-refractivity contribution < 1.29 is 9.90 Å². The SMILES string of the molecule is CC(C)CC(C(N)=O)C(C)O. The van der Waals surface area contributed by atoms with Crippen LogP contribution in [0.1, 0.15) is 27.2 Å². The Morgan fingerprint density at radius 1 is 1.45 bits per heavy atom. The van der Waals surface area contributed by atoms with Gasteiger partial charge in [-0.2, -0.15) is 0 Å². The average molecular weight is 159 g/mol. The fourth-order valence-corrected chi connectivity index (χ4v) is 1.06. The molecule has 11 heavy (non-hydrogen) atoms. The van der Waals surface area contributed by atoms with Crippen LogP contribution in [0.5, 0.6) is 0 Å². The van der Waals surface area contributed by atoms with Crippen molar-refractivity contribution in [2.75, 3.05) is 0 Å². The predicted molar refractivity (Wildman–Crippen MR) is 43.8 cm³/mol. The Hall–Kier alpha value is -0.570. The van der Waals surface area contributed by atoms with Crippen molar-refractivity contribution in [1.82, 2.24) is 0 Å². The molecule has 66 valence electrons. The third kappa shape index (κ3) is 3.98. The summed E-state index contributed by atoms with van der Waals surface area (Å²) in [7, 11) is 0. The number of primary amides is 1. The first-order valence-corrected chi connectivity index (χ1v) is 3.92. The predicted octanol–water partition coefficient (Wildman–Crippen LogP) is 0.515. The summed E-state index contributed by atoms with van der Waals surface area (Å²) >= 11 is 0. The maximum Gasteiger partial charge on any atom is 0.223 e. The smallest absolute Gasteiger partial charge is 0.223 e. The molecule has 0 fully saturated rings. The molecule has 0 aliphatic heterocycles. The Morgan fingerprint density at radius 3 is 2.00 bits per heavy atom. The molecule has 0 radical (unpaired) electrons. The first-order chi connectivity index (χ1) is 4.95. The first kappa shape index (κ1) is 10.4. The molecule has 0 saturated heterocycles. The fourth-order valence-electron chi connectivity index (χ4n) is 1.06. The van der Waals surface area contributed by atoms with E-state index in [-0.39, 0.29) is 0 Å². The Kier molecular flexibility index (Phi) is 4.11. The Bertz CT molecular complexity index is 132. The molecule has 3 heteroatoms. The van der Waals surface area contributed by atoms with Crippen LogP contribution in [0, 0.1) is 11.8 Å². The van der Waals surface area contributed by atoms with E-state index in [1.807, 2.05) is 13.8 Å². The number of nitrogens with two attached hydrogens (primary N) is 1. The molecule has 3 N–H and O–H groups in total. The maximum atomic E-state index is 10.7. The maximum absolute atomic E-state index is 10.7. The van der Waals surface area contributed by atoms with Crippen LogP contribution in [-0.2, 0) is 4.79 Å². The second-order valence-corrected chi connectivity index (χ2v) is 3.38. The van der Waals surface area contributed by atoms with Crippen molar-refractivity contribution in [2.45, 2.75) is 33.3 Å². The molecule has 0 heterocycles. The van der Waals surface area contributed by atoms with Crippen molar-refractivity contribution in [3.05, 3.63) is 0 Å². The van der Waals surface area contributed by atoms with Gasteiger partial charge < -0.3 is 10.8 Å². The normalized spacial score (nSPS) is 16.5. The molecule has 1 amide bonds. The number of carbonyl (C=O) groups is 1. The fraction of sp³-hybridized carbons (Fsp3) is 0.875. The lowest BCUT2D eigenvalue weighted by Gasteiger charge is -2.17. The Morgan fingerprint density at radius 2 is 1.91 bits per heavy atom. The summed E-state index contributed by atoms with van der Waals surface area (Å²) in [5.74, 6) is -0.411. The molecule has 0 aliphatic carbocycles. The summed E-state index contributed by atoms with van der Waals surface area (Å²) < 4.78 is 0. The van der Waals surface area contributed by atoms with E-state index in [1.165, 1.54) is 0 Å². The minimum Gasteiger partial charge on any atom is -0.393 e. The molecular weight excluding hydrogens is 142 g/mol. The molecule has 0 aromatic carbocycles. The molecule has 0 spiro atoms. The summed E-state index contributed by atoms with van der Waals surface area (Å²) in [5, 5.41) is 9.13. The average Bonchev–Trinajstić information content (AvgIpc) is 1.81. The van der Waals surface area contributed by atoms with Gasteiger partial charge in [-0.25, -0.2) is 0 Å². The van der Waals surface area contributed by atoms with E-state index in [2.05, 4.69) is 0 Å². The topological polar surface area (TPSA) is 63.3 Å². The molecule has 2 unspecified atom stereocenters.